The van der Waals surface area contributed by atoms with Gasteiger partial charge in [0, 0.05) is 24.0 Å². The third-order valence-electron chi connectivity index (χ3n) is 3.85. The van der Waals surface area contributed by atoms with Crippen LogP contribution >= 0.6 is 11.6 Å². The van der Waals surface area contributed by atoms with Gasteiger partial charge in [0.2, 0.25) is 0 Å². The molecule has 5 nitrogen and oxygen atoms in total. The molecule has 0 saturated carbocycles. The van der Waals surface area contributed by atoms with Gasteiger partial charge in [-0.25, -0.2) is 9.59 Å². The van der Waals surface area contributed by atoms with Crippen LogP contribution in [0.3, 0.4) is 0 Å². The van der Waals surface area contributed by atoms with Crippen molar-refractivity contribution in [1.82, 2.24) is 4.90 Å². The molecule has 1 aromatic rings. The van der Waals surface area contributed by atoms with Gasteiger partial charge in [0.05, 0.1) is 12.2 Å². The normalized spacial score (nSPS) is 13.0. The van der Waals surface area contributed by atoms with Crippen molar-refractivity contribution in [3.05, 3.63) is 34.9 Å². The summed E-state index contributed by atoms with van der Waals surface area (Å²) < 4.78 is 10.6. The summed E-state index contributed by atoms with van der Waals surface area (Å²) in [6, 6.07) is 6.48. The minimum absolute atomic E-state index is 0.0846. The van der Waals surface area contributed by atoms with E-state index in [1.807, 2.05) is 13.8 Å². The van der Waals surface area contributed by atoms with Crippen LogP contribution in [0.5, 0.6) is 0 Å². The maximum atomic E-state index is 12.2. The Kier molecular flexibility index (Phi) is 9.35. The van der Waals surface area contributed by atoms with E-state index in [1.165, 1.54) is 0 Å². The maximum Gasteiger partial charge on any atom is 0.409 e. The van der Waals surface area contributed by atoms with Crippen LogP contribution in [-0.2, 0) is 9.47 Å². The van der Waals surface area contributed by atoms with Crippen LogP contribution in [0.4, 0.5) is 4.79 Å². The van der Waals surface area contributed by atoms with E-state index in [0.29, 0.717) is 30.2 Å². The molecule has 0 spiro atoms. The van der Waals surface area contributed by atoms with Crippen LogP contribution in [0, 0.1) is 0 Å². The number of carbonyl (C=O) groups is 2. The second-order valence-electron chi connectivity index (χ2n) is 6.05. The Morgan fingerprint density at radius 3 is 2.36 bits per heavy atom. The van der Waals surface area contributed by atoms with Gasteiger partial charge in [0.1, 0.15) is 6.10 Å². The number of carbonyl (C=O) groups excluding carboxylic acids is 2. The molecule has 2 unspecified atom stereocenters. The summed E-state index contributed by atoms with van der Waals surface area (Å²) in [5, 5.41) is 0.569. The van der Waals surface area contributed by atoms with Gasteiger partial charge in [-0.15, -0.1) is 0 Å². The van der Waals surface area contributed by atoms with E-state index in [1.54, 1.807) is 36.1 Å². The van der Waals surface area contributed by atoms with Gasteiger partial charge < -0.3 is 14.4 Å². The van der Waals surface area contributed by atoms with Crippen molar-refractivity contribution >= 4 is 23.7 Å². The number of nitrogens with zero attached hydrogens (tertiary/aromatic N) is 1. The summed E-state index contributed by atoms with van der Waals surface area (Å²) in [6.45, 7) is 8.61. The molecule has 0 aliphatic heterocycles. The number of ether oxygens (including phenoxy) is 2. The number of unbranched alkanes of at least 4 members (excludes halogenated alkanes) is 1. The average molecular weight is 370 g/mol. The highest BCUT2D eigenvalue weighted by molar-refractivity contribution is 6.30. The third-order valence-corrected chi connectivity index (χ3v) is 4.10. The number of benzene rings is 1. The summed E-state index contributed by atoms with van der Waals surface area (Å²) in [5.74, 6) is -0.396. The largest absolute Gasteiger partial charge is 0.459 e. The second kappa shape index (κ2) is 11.0. The van der Waals surface area contributed by atoms with Crippen molar-refractivity contribution in [2.24, 2.45) is 0 Å². The van der Waals surface area contributed by atoms with E-state index in [0.717, 1.165) is 12.8 Å². The van der Waals surface area contributed by atoms with E-state index in [2.05, 4.69) is 6.92 Å². The lowest BCUT2D eigenvalue weighted by molar-refractivity contribution is 0.0249. The van der Waals surface area contributed by atoms with Crippen molar-refractivity contribution in [3.8, 4) is 0 Å². The number of hydrogen-bond donors (Lipinski definition) is 0. The molecule has 0 aliphatic rings. The Labute approximate surface area is 155 Å². The topological polar surface area (TPSA) is 55.8 Å². The monoisotopic (exact) mass is 369 g/mol. The molecule has 1 rings (SSSR count). The first kappa shape index (κ1) is 21.3. The molecule has 0 radical (unpaired) electrons. The lowest BCUT2D eigenvalue weighted by Crippen LogP contribution is -2.41. The predicted molar refractivity (Wildman–Crippen MR) is 99.0 cm³/mol. The van der Waals surface area contributed by atoms with Crippen molar-refractivity contribution in [2.45, 2.75) is 59.1 Å². The van der Waals surface area contributed by atoms with Crippen molar-refractivity contribution in [1.29, 1.82) is 0 Å². The van der Waals surface area contributed by atoms with Gasteiger partial charge in [-0.05, 0) is 51.5 Å². The molecule has 0 saturated heterocycles. The molecule has 140 valence electrons. The Balaban J connectivity index is 2.62. The fourth-order valence-electron chi connectivity index (χ4n) is 2.52. The van der Waals surface area contributed by atoms with Crippen molar-refractivity contribution in [2.75, 3.05) is 13.2 Å². The van der Waals surface area contributed by atoms with Crippen molar-refractivity contribution < 1.29 is 19.1 Å². The Hall–Kier alpha value is -1.75. The first-order valence-corrected chi connectivity index (χ1v) is 9.16. The maximum absolute atomic E-state index is 12.2. The minimum Gasteiger partial charge on any atom is -0.459 e. The second-order valence-corrected chi connectivity index (χ2v) is 6.49. The summed E-state index contributed by atoms with van der Waals surface area (Å²) >= 11 is 5.82. The van der Waals surface area contributed by atoms with Crippen LogP contribution < -0.4 is 0 Å². The third kappa shape index (κ3) is 7.34. The molecule has 0 bridgehead atoms. The molecular weight excluding hydrogens is 342 g/mol. The Morgan fingerprint density at radius 2 is 1.80 bits per heavy atom. The highest BCUT2D eigenvalue weighted by Crippen LogP contribution is 2.15. The van der Waals surface area contributed by atoms with E-state index in [4.69, 9.17) is 21.1 Å². The minimum atomic E-state index is -0.396. The number of hydrogen-bond acceptors (Lipinski definition) is 4. The summed E-state index contributed by atoms with van der Waals surface area (Å²) in [4.78, 5) is 26.0. The Morgan fingerprint density at radius 1 is 1.16 bits per heavy atom. The molecule has 0 aliphatic carbocycles. The van der Waals surface area contributed by atoms with Crippen molar-refractivity contribution in [3.63, 3.8) is 0 Å². The van der Waals surface area contributed by atoms with Crippen LogP contribution in [-0.4, -0.2) is 42.3 Å². The number of esters is 1. The zero-order valence-corrected chi connectivity index (χ0v) is 16.2. The number of rotatable bonds is 9. The van der Waals surface area contributed by atoms with Gasteiger partial charge in [-0.1, -0.05) is 24.9 Å². The summed E-state index contributed by atoms with van der Waals surface area (Å²) in [5.41, 5.74) is 0.456. The molecule has 0 fully saturated rings. The molecule has 1 aromatic carbocycles. The quantitative estimate of drug-likeness (QED) is 0.579. The van der Waals surface area contributed by atoms with Crippen LogP contribution in [0.15, 0.2) is 24.3 Å². The highest BCUT2D eigenvalue weighted by atomic mass is 35.5. The summed E-state index contributed by atoms with van der Waals surface area (Å²) in [6.07, 6.45) is 1.80. The zero-order valence-electron chi connectivity index (χ0n) is 15.5. The fraction of sp³-hybridized carbons (Fsp3) is 0.579. The average Bonchev–Trinajstić information content (AvgIpc) is 2.55. The smallest absolute Gasteiger partial charge is 0.409 e. The van der Waals surface area contributed by atoms with E-state index >= 15 is 0 Å². The van der Waals surface area contributed by atoms with Gasteiger partial charge in [0.25, 0.3) is 0 Å². The van der Waals surface area contributed by atoms with E-state index in [-0.39, 0.29) is 18.2 Å². The lowest BCUT2D eigenvalue weighted by atomic mass is 10.1. The van der Waals surface area contributed by atoms with Gasteiger partial charge in [-0.2, -0.15) is 0 Å². The molecule has 25 heavy (non-hydrogen) atoms. The first-order chi connectivity index (χ1) is 11.9. The standard InChI is InChI=1S/C19H28ClNO4/c1-5-7-12-21(19(23)24-6-2)14(3)13-15(4)25-18(22)16-8-10-17(20)11-9-16/h8-11,14-15H,5-7,12-13H2,1-4H3. The predicted octanol–water partition coefficient (Wildman–Crippen LogP) is 4.92. The molecule has 0 heterocycles. The lowest BCUT2D eigenvalue weighted by Gasteiger charge is -2.30. The summed E-state index contributed by atoms with van der Waals surface area (Å²) in [7, 11) is 0. The highest BCUT2D eigenvalue weighted by Gasteiger charge is 2.24. The fourth-order valence-corrected chi connectivity index (χ4v) is 2.64. The van der Waals surface area contributed by atoms with Gasteiger partial charge in [0.15, 0.2) is 0 Å². The first-order valence-electron chi connectivity index (χ1n) is 8.78. The Bertz CT molecular complexity index is 547. The number of amides is 1. The van der Waals surface area contributed by atoms with Crippen LogP contribution in [0.2, 0.25) is 5.02 Å². The van der Waals surface area contributed by atoms with Crippen LogP contribution in [0.25, 0.3) is 0 Å². The molecule has 6 heteroatoms. The van der Waals surface area contributed by atoms with Crippen LogP contribution in [0.1, 0.15) is 57.3 Å². The molecule has 0 N–H and O–H groups in total. The molecular formula is C19H28ClNO4. The molecule has 1 amide bonds. The zero-order chi connectivity index (χ0) is 18.8. The SMILES string of the molecule is CCCCN(C(=O)OCC)C(C)CC(C)OC(=O)c1ccc(Cl)cc1. The van der Waals surface area contributed by atoms with Gasteiger partial charge >= 0.3 is 12.1 Å². The number of halogens is 1. The molecule has 2 atom stereocenters. The van der Waals surface area contributed by atoms with Gasteiger partial charge in [-0.3, -0.25) is 0 Å². The molecule has 0 aromatic heterocycles. The van der Waals surface area contributed by atoms with E-state index in [9.17, 15) is 9.59 Å². The van der Waals surface area contributed by atoms with E-state index < -0.39 is 5.97 Å².